The molecule has 1 aliphatic rings. The number of amides is 1. The predicted octanol–water partition coefficient (Wildman–Crippen LogP) is 4.20. The molecule has 0 radical (unpaired) electrons. The SMILES string of the molecule is CC(=O)C1(c2ccc(Cl)cc2)CCN(C(=O)OC(C)(C)C)CC1. The van der Waals surface area contributed by atoms with Gasteiger partial charge in [0.05, 0.1) is 5.41 Å². The first-order valence-corrected chi connectivity index (χ1v) is 8.27. The van der Waals surface area contributed by atoms with Crippen molar-refractivity contribution in [3.8, 4) is 0 Å². The summed E-state index contributed by atoms with van der Waals surface area (Å²) in [4.78, 5) is 26.2. The predicted molar refractivity (Wildman–Crippen MR) is 90.9 cm³/mol. The number of likely N-dealkylation sites (tertiary alicyclic amines) is 1. The molecule has 1 amide bonds. The molecule has 0 N–H and O–H groups in total. The van der Waals surface area contributed by atoms with Gasteiger partial charge in [0.25, 0.3) is 0 Å². The van der Waals surface area contributed by atoms with Crippen LogP contribution in [-0.4, -0.2) is 35.5 Å². The zero-order valence-electron chi connectivity index (χ0n) is 14.2. The van der Waals surface area contributed by atoms with E-state index in [9.17, 15) is 9.59 Å². The molecule has 0 spiro atoms. The molecule has 23 heavy (non-hydrogen) atoms. The summed E-state index contributed by atoms with van der Waals surface area (Å²) in [6.07, 6.45) is 0.887. The zero-order chi connectivity index (χ0) is 17.3. The Kier molecular flexibility index (Phi) is 5.04. The molecule has 0 bridgehead atoms. The second kappa shape index (κ2) is 6.52. The Hall–Kier alpha value is -1.55. The average molecular weight is 338 g/mol. The number of hydrogen-bond donors (Lipinski definition) is 0. The van der Waals surface area contributed by atoms with Gasteiger partial charge in [-0.1, -0.05) is 23.7 Å². The van der Waals surface area contributed by atoms with Gasteiger partial charge in [0.1, 0.15) is 11.4 Å². The topological polar surface area (TPSA) is 46.6 Å². The highest BCUT2D eigenvalue weighted by atomic mass is 35.5. The van der Waals surface area contributed by atoms with E-state index in [4.69, 9.17) is 16.3 Å². The third-order valence-electron chi connectivity index (χ3n) is 4.34. The maximum Gasteiger partial charge on any atom is 0.410 e. The minimum Gasteiger partial charge on any atom is -0.444 e. The van der Waals surface area contributed by atoms with Crippen LogP contribution in [0.15, 0.2) is 24.3 Å². The fourth-order valence-electron chi connectivity index (χ4n) is 3.01. The Bertz CT molecular complexity index is 581. The Labute approximate surface area is 142 Å². The highest BCUT2D eigenvalue weighted by Crippen LogP contribution is 2.37. The third-order valence-corrected chi connectivity index (χ3v) is 4.59. The number of piperidine rings is 1. The maximum atomic E-state index is 12.3. The number of Topliss-reactive ketones (excluding diaryl/α,β-unsaturated/α-hetero) is 1. The van der Waals surface area contributed by atoms with Gasteiger partial charge in [-0.25, -0.2) is 4.79 Å². The molecule has 0 atom stereocenters. The van der Waals surface area contributed by atoms with Crippen molar-refractivity contribution >= 4 is 23.5 Å². The highest BCUT2D eigenvalue weighted by molar-refractivity contribution is 6.30. The number of ketones is 1. The number of hydrogen-bond acceptors (Lipinski definition) is 3. The minimum absolute atomic E-state index is 0.128. The molecule has 1 saturated heterocycles. The molecule has 126 valence electrons. The summed E-state index contributed by atoms with van der Waals surface area (Å²) in [6, 6.07) is 7.43. The van der Waals surface area contributed by atoms with E-state index in [1.54, 1.807) is 11.8 Å². The van der Waals surface area contributed by atoms with Crippen molar-refractivity contribution in [1.29, 1.82) is 0 Å². The highest BCUT2D eigenvalue weighted by Gasteiger charge is 2.42. The van der Waals surface area contributed by atoms with Crippen molar-refractivity contribution in [3.63, 3.8) is 0 Å². The van der Waals surface area contributed by atoms with E-state index < -0.39 is 11.0 Å². The first-order chi connectivity index (χ1) is 10.6. The monoisotopic (exact) mass is 337 g/mol. The second-order valence-corrected chi connectivity index (χ2v) is 7.55. The summed E-state index contributed by atoms with van der Waals surface area (Å²) in [7, 11) is 0. The van der Waals surface area contributed by atoms with Crippen LogP contribution in [0.4, 0.5) is 4.79 Å². The van der Waals surface area contributed by atoms with Crippen molar-refractivity contribution in [2.75, 3.05) is 13.1 Å². The molecule has 0 aliphatic carbocycles. The molecular weight excluding hydrogens is 314 g/mol. The Morgan fingerprint density at radius 1 is 1.13 bits per heavy atom. The van der Waals surface area contributed by atoms with Crippen LogP contribution in [0.25, 0.3) is 0 Å². The van der Waals surface area contributed by atoms with Gasteiger partial charge >= 0.3 is 6.09 Å². The van der Waals surface area contributed by atoms with Gasteiger partial charge in [-0.05, 0) is 58.2 Å². The van der Waals surface area contributed by atoms with Gasteiger partial charge in [0.15, 0.2) is 0 Å². The number of benzene rings is 1. The largest absolute Gasteiger partial charge is 0.444 e. The van der Waals surface area contributed by atoms with Crippen LogP contribution in [0.2, 0.25) is 5.02 Å². The summed E-state index contributed by atoms with van der Waals surface area (Å²) >= 11 is 5.95. The molecule has 2 rings (SSSR count). The van der Waals surface area contributed by atoms with Gasteiger partial charge in [-0.3, -0.25) is 4.79 Å². The molecule has 1 fully saturated rings. The van der Waals surface area contributed by atoms with Gasteiger partial charge in [-0.15, -0.1) is 0 Å². The number of carbonyl (C=O) groups is 2. The summed E-state index contributed by atoms with van der Waals surface area (Å²) in [6.45, 7) is 8.19. The molecule has 4 nitrogen and oxygen atoms in total. The lowest BCUT2D eigenvalue weighted by molar-refractivity contribution is -0.124. The number of nitrogens with zero attached hydrogens (tertiary/aromatic N) is 1. The van der Waals surface area contributed by atoms with Crippen LogP contribution in [0.5, 0.6) is 0 Å². The normalized spacial score (nSPS) is 17.7. The Morgan fingerprint density at radius 2 is 1.65 bits per heavy atom. The number of carbonyl (C=O) groups excluding carboxylic acids is 2. The van der Waals surface area contributed by atoms with E-state index in [2.05, 4.69) is 0 Å². The van der Waals surface area contributed by atoms with E-state index in [1.807, 2.05) is 45.0 Å². The molecule has 0 aromatic heterocycles. The number of halogens is 1. The van der Waals surface area contributed by atoms with Crippen LogP contribution < -0.4 is 0 Å². The van der Waals surface area contributed by atoms with Gasteiger partial charge in [0, 0.05) is 18.1 Å². The number of ether oxygens (including phenoxy) is 1. The summed E-state index contributed by atoms with van der Waals surface area (Å²) in [5.74, 6) is 0.128. The molecule has 1 aromatic rings. The maximum absolute atomic E-state index is 12.3. The van der Waals surface area contributed by atoms with Crippen LogP contribution in [0, 0.1) is 0 Å². The molecule has 0 saturated carbocycles. The van der Waals surface area contributed by atoms with Crippen molar-refractivity contribution in [3.05, 3.63) is 34.9 Å². The Balaban J connectivity index is 2.14. The standard InChI is InChI=1S/C18H24ClNO3/c1-13(21)18(14-5-7-15(19)8-6-14)9-11-20(12-10-18)16(22)23-17(2,3)4/h5-8H,9-12H2,1-4H3. The third kappa shape index (κ3) is 4.05. The zero-order valence-corrected chi connectivity index (χ0v) is 14.9. The fraction of sp³-hybridized carbons (Fsp3) is 0.556. The Morgan fingerprint density at radius 3 is 2.09 bits per heavy atom. The van der Waals surface area contributed by atoms with Gasteiger partial charge in [0.2, 0.25) is 0 Å². The second-order valence-electron chi connectivity index (χ2n) is 7.11. The molecule has 1 aliphatic heterocycles. The lowest BCUT2D eigenvalue weighted by atomic mass is 9.70. The van der Waals surface area contributed by atoms with Crippen molar-refractivity contribution < 1.29 is 14.3 Å². The lowest BCUT2D eigenvalue weighted by Gasteiger charge is -2.40. The molecule has 1 heterocycles. The first kappa shape index (κ1) is 17.8. The van der Waals surface area contributed by atoms with Crippen LogP contribution in [0.3, 0.4) is 0 Å². The fourth-order valence-corrected chi connectivity index (χ4v) is 3.14. The van der Waals surface area contributed by atoms with E-state index in [1.165, 1.54) is 0 Å². The van der Waals surface area contributed by atoms with E-state index >= 15 is 0 Å². The van der Waals surface area contributed by atoms with E-state index in [0.717, 1.165) is 5.56 Å². The van der Waals surface area contributed by atoms with Gasteiger partial charge < -0.3 is 9.64 Å². The van der Waals surface area contributed by atoms with Crippen LogP contribution in [-0.2, 0) is 14.9 Å². The molecular formula is C18H24ClNO3. The van der Waals surface area contributed by atoms with Crippen molar-refractivity contribution in [2.24, 2.45) is 0 Å². The van der Waals surface area contributed by atoms with Crippen molar-refractivity contribution in [1.82, 2.24) is 4.90 Å². The van der Waals surface area contributed by atoms with E-state index in [0.29, 0.717) is 31.0 Å². The van der Waals surface area contributed by atoms with Gasteiger partial charge in [-0.2, -0.15) is 0 Å². The molecule has 5 heteroatoms. The number of rotatable bonds is 2. The summed E-state index contributed by atoms with van der Waals surface area (Å²) in [5.41, 5.74) is -0.0795. The van der Waals surface area contributed by atoms with Crippen molar-refractivity contribution in [2.45, 2.75) is 51.6 Å². The quantitative estimate of drug-likeness (QED) is 0.812. The average Bonchev–Trinajstić information content (AvgIpc) is 2.46. The smallest absolute Gasteiger partial charge is 0.410 e. The van der Waals surface area contributed by atoms with Crippen LogP contribution >= 0.6 is 11.6 Å². The summed E-state index contributed by atoms with van der Waals surface area (Å²) < 4.78 is 5.41. The van der Waals surface area contributed by atoms with E-state index in [-0.39, 0.29) is 11.9 Å². The minimum atomic E-state index is -0.539. The lowest BCUT2D eigenvalue weighted by Crippen LogP contribution is -2.49. The molecule has 0 unspecified atom stereocenters. The molecule has 1 aromatic carbocycles. The summed E-state index contributed by atoms with van der Waals surface area (Å²) in [5, 5.41) is 0.652. The van der Waals surface area contributed by atoms with Crippen LogP contribution in [0.1, 0.15) is 46.1 Å². The first-order valence-electron chi connectivity index (χ1n) is 7.89.